The lowest BCUT2D eigenvalue weighted by Crippen LogP contribution is -2.56. The van der Waals surface area contributed by atoms with Crippen LogP contribution in [-0.2, 0) is 19.1 Å². The molecule has 3 heterocycles. The molecule has 254 valence electrons. The van der Waals surface area contributed by atoms with Crippen molar-refractivity contribution in [2.24, 2.45) is 5.92 Å². The molecule has 2 aromatic rings. The lowest BCUT2D eigenvalue weighted by atomic mass is 9.95. The van der Waals surface area contributed by atoms with Gasteiger partial charge in [0.25, 0.3) is 5.91 Å². The lowest BCUT2D eigenvalue weighted by molar-refractivity contribution is -0.138. The number of unbranched alkanes of at least 4 members (excludes halogenated alkanes) is 1. The number of carbonyl (C=O) groups is 5. The molecule has 2 aliphatic rings. The molecule has 0 bridgehead atoms. The molecule has 1 aromatic carbocycles. The predicted molar refractivity (Wildman–Crippen MR) is 176 cm³/mol. The average molecular weight is 651 g/mol. The first-order chi connectivity index (χ1) is 22.7. The number of carboxylic acid groups (broad SMARTS) is 1. The Morgan fingerprint density at radius 2 is 1.64 bits per heavy atom. The number of aliphatic carboxylic acids is 1. The number of hydrogen-bond donors (Lipinski definition) is 3. The molecule has 0 radical (unpaired) electrons. The maximum atomic E-state index is 13.8. The van der Waals surface area contributed by atoms with Gasteiger partial charge in [0.2, 0.25) is 11.8 Å². The van der Waals surface area contributed by atoms with Crippen LogP contribution in [0.1, 0.15) is 62.9 Å². The van der Waals surface area contributed by atoms with Gasteiger partial charge in [0.15, 0.2) is 0 Å². The maximum absolute atomic E-state index is 13.8. The maximum Gasteiger partial charge on any atom is 0.409 e. The SMILES string of the molecule is CCCCOC(=O)N1CCN(C(=O)[C@H](CCC(=O)O)NC(=O)c2cc(N3CCC(C(=O)NCC)CC3)cc(-c3ccccc3)n2)CC1. The minimum absolute atomic E-state index is 0.0531. The Hall–Kier alpha value is -4.68. The Kier molecular flexibility index (Phi) is 12.9. The average Bonchev–Trinajstić information content (AvgIpc) is 3.10. The van der Waals surface area contributed by atoms with Gasteiger partial charge in [0.05, 0.1) is 12.3 Å². The number of nitrogens with one attached hydrogen (secondary N) is 2. The fraction of sp³-hybridized carbons (Fsp3) is 0.529. The third kappa shape index (κ3) is 9.90. The van der Waals surface area contributed by atoms with E-state index in [0.29, 0.717) is 44.8 Å². The van der Waals surface area contributed by atoms with Crippen LogP contribution in [0.4, 0.5) is 10.5 Å². The Morgan fingerprint density at radius 3 is 2.28 bits per heavy atom. The van der Waals surface area contributed by atoms with E-state index in [9.17, 15) is 29.1 Å². The molecule has 0 saturated carbocycles. The summed E-state index contributed by atoms with van der Waals surface area (Å²) in [7, 11) is 0. The number of ether oxygens (including phenoxy) is 1. The summed E-state index contributed by atoms with van der Waals surface area (Å²) in [6.07, 6.45) is 2.19. The molecular formula is C34H46N6O7. The fourth-order valence-corrected chi connectivity index (χ4v) is 5.77. The second-order valence-electron chi connectivity index (χ2n) is 11.9. The van der Waals surface area contributed by atoms with E-state index in [0.717, 1.165) is 24.1 Å². The molecule has 4 amide bonds. The number of carbonyl (C=O) groups excluding carboxylic acids is 4. The summed E-state index contributed by atoms with van der Waals surface area (Å²) in [5.41, 5.74) is 2.26. The number of piperazine rings is 1. The molecule has 2 fully saturated rings. The molecule has 1 atom stereocenters. The Labute approximate surface area is 275 Å². The number of benzene rings is 1. The molecule has 47 heavy (non-hydrogen) atoms. The van der Waals surface area contributed by atoms with Gasteiger partial charge in [-0.05, 0) is 44.7 Å². The van der Waals surface area contributed by atoms with Crippen LogP contribution in [0.3, 0.4) is 0 Å². The number of pyridine rings is 1. The molecule has 0 aliphatic carbocycles. The summed E-state index contributed by atoms with van der Waals surface area (Å²) in [4.78, 5) is 73.5. The van der Waals surface area contributed by atoms with E-state index in [1.807, 2.05) is 50.2 Å². The standard InChI is InChI=1S/C34H46N6O7/c1-3-5-21-47-34(46)40-19-17-39(18-20-40)33(45)27(11-12-30(41)42)37-32(44)29-23-26(22-28(36-29)24-9-7-6-8-10-24)38-15-13-25(14-16-38)31(43)35-4-2/h6-10,22-23,25,27H,3-5,11-21H2,1-2H3,(H,35,43)(H,37,44)(H,41,42)/t27-/m0/s1. The van der Waals surface area contributed by atoms with Crippen molar-refractivity contribution >= 4 is 35.5 Å². The van der Waals surface area contributed by atoms with E-state index in [-0.39, 0.29) is 56.5 Å². The molecule has 0 spiro atoms. The molecule has 2 saturated heterocycles. The van der Waals surface area contributed by atoms with Gasteiger partial charge in [0, 0.05) is 69.4 Å². The highest BCUT2D eigenvalue weighted by atomic mass is 16.6. The van der Waals surface area contributed by atoms with Crippen molar-refractivity contribution in [2.45, 2.75) is 58.4 Å². The van der Waals surface area contributed by atoms with Gasteiger partial charge in [-0.15, -0.1) is 0 Å². The van der Waals surface area contributed by atoms with E-state index in [1.54, 1.807) is 15.9 Å². The van der Waals surface area contributed by atoms with Crippen molar-refractivity contribution < 1.29 is 33.8 Å². The zero-order valence-corrected chi connectivity index (χ0v) is 27.3. The van der Waals surface area contributed by atoms with Crippen LogP contribution in [0.25, 0.3) is 11.3 Å². The molecule has 0 unspecified atom stereocenters. The minimum Gasteiger partial charge on any atom is -0.481 e. The summed E-state index contributed by atoms with van der Waals surface area (Å²) >= 11 is 0. The first kappa shape index (κ1) is 35.2. The number of carboxylic acids is 1. The normalized spacial score (nSPS) is 15.9. The minimum atomic E-state index is -1.10. The van der Waals surface area contributed by atoms with E-state index in [2.05, 4.69) is 20.5 Å². The van der Waals surface area contributed by atoms with Crippen LogP contribution in [-0.4, -0.2) is 108 Å². The predicted octanol–water partition coefficient (Wildman–Crippen LogP) is 3.15. The van der Waals surface area contributed by atoms with Crippen molar-refractivity contribution in [1.29, 1.82) is 0 Å². The van der Waals surface area contributed by atoms with E-state index >= 15 is 0 Å². The topological polar surface area (TPSA) is 161 Å². The fourth-order valence-electron chi connectivity index (χ4n) is 5.77. The molecule has 4 rings (SSSR count). The Balaban J connectivity index is 1.50. The van der Waals surface area contributed by atoms with Crippen LogP contribution in [0.15, 0.2) is 42.5 Å². The number of nitrogens with zero attached hydrogens (tertiary/aromatic N) is 4. The van der Waals surface area contributed by atoms with Gasteiger partial charge >= 0.3 is 12.1 Å². The highest BCUT2D eigenvalue weighted by molar-refractivity contribution is 5.97. The molecule has 1 aromatic heterocycles. The van der Waals surface area contributed by atoms with Crippen molar-refractivity contribution in [3.8, 4) is 11.3 Å². The number of amides is 4. The van der Waals surface area contributed by atoms with Crippen LogP contribution < -0.4 is 15.5 Å². The largest absolute Gasteiger partial charge is 0.481 e. The first-order valence-electron chi connectivity index (χ1n) is 16.5. The second kappa shape index (κ2) is 17.3. The zero-order valence-electron chi connectivity index (χ0n) is 27.3. The van der Waals surface area contributed by atoms with Gasteiger partial charge in [0.1, 0.15) is 11.7 Å². The number of anilines is 1. The number of aromatic nitrogens is 1. The van der Waals surface area contributed by atoms with Gasteiger partial charge < -0.3 is 35.2 Å². The number of hydrogen-bond acceptors (Lipinski definition) is 8. The summed E-state index contributed by atoms with van der Waals surface area (Å²) < 4.78 is 5.29. The zero-order chi connectivity index (χ0) is 33.8. The second-order valence-corrected chi connectivity index (χ2v) is 11.9. The van der Waals surface area contributed by atoms with Crippen LogP contribution in [0, 0.1) is 5.92 Å². The van der Waals surface area contributed by atoms with Gasteiger partial charge in [-0.1, -0.05) is 43.7 Å². The molecule has 2 aliphatic heterocycles. The summed E-state index contributed by atoms with van der Waals surface area (Å²) in [6.45, 7) is 7.10. The molecule has 13 nitrogen and oxygen atoms in total. The lowest BCUT2D eigenvalue weighted by Gasteiger charge is -2.36. The van der Waals surface area contributed by atoms with Crippen molar-refractivity contribution in [2.75, 3.05) is 57.3 Å². The smallest absolute Gasteiger partial charge is 0.409 e. The monoisotopic (exact) mass is 650 g/mol. The van der Waals surface area contributed by atoms with Crippen molar-refractivity contribution in [3.63, 3.8) is 0 Å². The molecular weight excluding hydrogens is 604 g/mol. The highest BCUT2D eigenvalue weighted by Gasteiger charge is 2.32. The first-order valence-corrected chi connectivity index (χ1v) is 16.5. The molecule has 3 N–H and O–H groups in total. The third-order valence-electron chi connectivity index (χ3n) is 8.52. The van der Waals surface area contributed by atoms with Crippen molar-refractivity contribution in [3.05, 3.63) is 48.2 Å². The van der Waals surface area contributed by atoms with E-state index < -0.39 is 29.9 Å². The summed E-state index contributed by atoms with van der Waals surface area (Å²) in [5, 5.41) is 15.0. The number of rotatable bonds is 13. The van der Waals surface area contributed by atoms with Crippen LogP contribution in [0.5, 0.6) is 0 Å². The van der Waals surface area contributed by atoms with E-state index in [1.165, 1.54) is 0 Å². The van der Waals surface area contributed by atoms with Crippen LogP contribution in [0.2, 0.25) is 0 Å². The quantitative estimate of drug-likeness (QED) is 0.277. The van der Waals surface area contributed by atoms with Gasteiger partial charge in [-0.2, -0.15) is 0 Å². The summed E-state index contributed by atoms with van der Waals surface area (Å²) in [5.74, 6) is -2.11. The van der Waals surface area contributed by atoms with Gasteiger partial charge in [-0.3, -0.25) is 19.2 Å². The van der Waals surface area contributed by atoms with Crippen molar-refractivity contribution in [1.82, 2.24) is 25.4 Å². The van der Waals surface area contributed by atoms with Crippen LogP contribution >= 0.6 is 0 Å². The Morgan fingerprint density at radius 1 is 0.957 bits per heavy atom. The molecule has 13 heteroatoms. The third-order valence-corrected chi connectivity index (χ3v) is 8.52. The number of piperidine rings is 1. The van der Waals surface area contributed by atoms with E-state index in [4.69, 9.17) is 4.74 Å². The van der Waals surface area contributed by atoms with Gasteiger partial charge in [-0.25, -0.2) is 9.78 Å². The Bertz CT molecular complexity index is 1390. The summed E-state index contributed by atoms with van der Waals surface area (Å²) in [6, 6.07) is 11.9. The highest BCUT2D eigenvalue weighted by Crippen LogP contribution is 2.28.